The normalized spacial score (nSPS) is 21.7. The predicted molar refractivity (Wildman–Crippen MR) is 68.5 cm³/mol. The molecule has 0 radical (unpaired) electrons. The first-order valence-electron chi connectivity index (χ1n) is 6.17. The Hall–Kier alpha value is -2.16. The minimum Gasteiger partial charge on any atom is -0.480 e. The number of anilines is 1. The van der Waals surface area contributed by atoms with Gasteiger partial charge in [0.2, 0.25) is 0 Å². The van der Waals surface area contributed by atoms with E-state index in [2.05, 4.69) is 9.97 Å². The molecule has 1 unspecified atom stereocenters. The molecule has 1 aliphatic heterocycles. The molecule has 1 aromatic heterocycles. The van der Waals surface area contributed by atoms with E-state index in [1.807, 2.05) is 19.9 Å². The molecule has 1 saturated heterocycles. The van der Waals surface area contributed by atoms with Gasteiger partial charge in [-0.05, 0) is 18.3 Å². The standard InChI is InChI=1S/C13H16N4O2/c1-13(2)4-3-5-17(11(13)12(18)19)10-8-15-9(6-14)7-16-10/h7-8,11H,3-5H2,1-2H3,(H,18,19). The largest absolute Gasteiger partial charge is 0.480 e. The van der Waals surface area contributed by atoms with Crippen molar-refractivity contribution in [3.05, 3.63) is 18.1 Å². The topological polar surface area (TPSA) is 90.1 Å². The highest BCUT2D eigenvalue weighted by molar-refractivity contribution is 5.79. The van der Waals surface area contributed by atoms with Gasteiger partial charge >= 0.3 is 5.97 Å². The van der Waals surface area contributed by atoms with Gasteiger partial charge in [-0.3, -0.25) is 0 Å². The van der Waals surface area contributed by atoms with E-state index in [-0.39, 0.29) is 11.1 Å². The molecule has 2 heterocycles. The average molecular weight is 260 g/mol. The molecule has 6 heteroatoms. The third-order valence-electron chi connectivity index (χ3n) is 3.55. The fraction of sp³-hybridized carbons (Fsp3) is 0.538. The van der Waals surface area contributed by atoms with E-state index in [4.69, 9.17) is 5.26 Å². The quantitative estimate of drug-likeness (QED) is 0.865. The van der Waals surface area contributed by atoms with Crippen LogP contribution in [0, 0.1) is 16.7 Å². The fourth-order valence-electron chi connectivity index (χ4n) is 2.63. The van der Waals surface area contributed by atoms with Crippen molar-refractivity contribution in [2.24, 2.45) is 5.41 Å². The zero-order valence-corrected chi connectivity index (χ0v) is 11.0. The Morgan fingerprint density at radius 2 is 2.26 bits per heavy atom. The van der Waals surface area contributed by atoms with Gasteiger partial charge in [0.1, 0.15) is 17.9 Å². The molecule has 0 aliphatic carbocycles. The van der Waals surface area contributed by atoms with Gasteiger partial charge < -0.3 is 10.0 Å². The van der Waals surface area contributed by atoms with Crippen molar-refractivity contribution in [1.29, 1.82) is 5.26 Å². The number of hydrogen-bond acceptors (Lipinski definition) is 5. The van der Waals surface area contributed by atoms with Gasteiger partial charge in [0, 0.05) is 6.54 Å². The summed E-state index contributed by atoms with van der Waals surface area (Å²) in [5, 5.41) is 18.2. The molecule has 1 aliphatic rings. The summed E-state index contributed by atoms with van der Waals surface area (Å²) in [6.45, 7) is 4.55. The van der Waals surface area contributed by atoms with Gasteiger partial charge in [0.05, 0.1) is 12.4 Å². The lowest BCUT2D eigenvalue weighted by Gasteiger charge is -2.44. The van der Waals surface area contributed by atoms with Crippen LogP contribution in [-0.4, -0.2) is 33.6 Å². The summed E-state index contributed by atoms with van der Waals surface area (Å²) in [6.07, 6.45) is 4.62. The van der Waals surface area contributed by atoms with Gasteiger partial charge in [-0.2, -0.15) is 5.26 Å². The second kappa shape index (κ2) is 4.84. The Bertz CT molecular complexity index is 518. The lowest BCUT2D eigenvalue weighted by Crippen LogP contribution is -2.54. The number of hydrogen-bond donors (Lipinski definition) is 1. The summed E-state index contributed by atoms with van der Waals surface area (Å²) in [4.78, 5) is 21.4. The zero-order chi connectivity index (χ0) is 14.0. The smallest absolute Gasteiger partial charge is 0.326 e. The molecule has 0 saturated carbocycles. The van der Waals surface area contributed by atoms with Crippen LogP contribution in [0.15, 0.2) is 12.4 Å². The first-order chi connectivity index (χ1) is 8.95. The van der Waals surface area contributed by atoms with Crippen LogP contribution >= 0.6 is 0 Å². The van der Waals surface area contributed by atoms with Crippen molar-refractivity contribution in [3.63, 3.8) is 0 Å². The third kappa shape index (κ3) is 2.50. The number of nitrogens with zero attached hydrogens (tertiary/aromatic N) is 4. The van der Waals surface area contributed by atoms with E-state index >= 15 is 0 Å². The van der Waals surface area contributed by atoms with E-state index < -0.39 is 12.0 Å². The summed E-state index contributed by atoms with van der Waals surface area (Å²) >= 11 is 0. The van der Waals surface area contributed by atoms with Crippen LogP contribution in [0.2, 0.25) is 0 Å². The number of aliphatic carboxylic acids is 1. The average Bonchev–Trinajstić information content (AvgIpc) is 2.37. The van der Waals surface area contributed by atoms with Crippen molar-refractivity contribution in [2.45, 2.75) is 32.7 Å². The maximum atomic E-state index is 11.5. The molecule has 1 aromatic rings. The highest BCUT2D eigenvalue weighted by Gasteiger charge is 2.43. The van der Waals surface area contributed by atoms with Crippen LogP contribution in [0.1, 0.15) is 32.4 Å². The second-order valence-electron chi connectivity index (χ2n) is 5.40. The monoisotopic (exact) mass is 260 g/mol. The Morgan fingerprint density at radius 1 is 1.53 bits per heavy atom. The van der Waals surface area contributed by atoms with E-state index in [0.29, 0.717) is 12.4 Å². The predicted octanol–water partition coefficient (Wildman–Crippen LogP) is 1.43. The Morgan fingerprint density at radius 3 is 2.79 bits per heavy atom. The number of carbonyl (C=O) groups is 1. The molecule has 6 nitrogen and oxygen atoms in total. The van der Waals surface area contributed by atoms with Crippen molar-refractivity contribution < 1.29 is 9.90 Å². The number of carboxylic acids is 1. The lowest BCUT2D eigenvalue weighted by atomic mass is 9.76. The highest BCUT2D eigenvalue weighted by Crippen LogP contribution is 2.37. The molecule has 0 aromatic carbocycles. The molecule has 100 valence electrons. The van der Waals surface area contributed by atoms with E-state index in [0.717, 1.165) is 12.8 Å². The van der Waals surface area contributed by atoms with Gasteiger partial charge in [-0.1, -0.05) is 13.8 Å². The summed E-state index contributed by atoms with van der Waals surface area (Å²) in [5.74, 6) is -0.338. The molecular weight excluding hydrogens is 244 g/mol. The summed E-state index contributed by atoms with van der Waals surface area (Å²) < 4.78 is 0. The third-order valence-corrected chi connectivity index (χ3v) is 3.55. The van der Waals surface area contributed by atoms with E-state index in [9.17, 15) is 9.90 Å². The Labute approximate surface area is 111 Å². The minimum atomic E-state index is -0.851. The minimum absolute atomic E-state index is 0.229. The van der Waals surface area contributed by atoms with Crippen LogP contribution in [0.3, 0.4) is 0 Å². The molecule has 1 atom stereocenters. The Kier molecular flexibility index (Phi) is 3.38. The van der Waals surface area contributed by atoms with Crippen molar-refractivity contribution >= 4 is 11.8 Å². The first-order valence-corrected chi connectivity index (χ1v) is 6.17. The Balaban J connectivity index is 2.35. The van der Waals surface area contributed by atoms with Gasteiger partial charge in [-0.15, -0.1) is 0 Å². The van der Waals surface area contributed by atoms with Crippen molar-refractivity contribution in [1.82, 2.24) is 9.97 Å². The molecule has 0 bridgehead atoms. The van der Waals surface area contributed by atoms with E-state index in [1.165, 1.54) is 12.4 Å². The number of carboxylic acid groups (broad SMARTS) is 1. The molecular formula is C13H16N4O2. The first kappa shape index (κ1) is 13.3. The molecule has 1 fully saturated rings. The molecule has 1 N–H and O–H groups in total. The number of nitriles is 1. The number of aromatic nitrogens is 2. The van der Waals surface area contributed by atoms with E-state index in [1.54, 1.807) is 4.90 Å². The van der Waals surface area contributed by atoms with Crippen LogP contribution in [-0.2, 0) is 4.79 Å². The highest BCUT2D eigenvalue weighted by atomic mass is 16.4. The van der Waals surface area contributed by atoms with Crippen LogP contribution in [0.25, 0.3) is 0 Å². The summed E-state index contributed by atoms with van der Waals surface area (Å²) in [7, 11) is 0. The molecule has 2 rings (SSSR count). The van der Waals surface area contributed by atoms with Gasteiger partial charge in [0.15, 0.2) is 5.69 Å². The molecule has 19 heavy (non-hydrogen) atoms. The van der Waals surface area contributed by atoms with Crippen LogP contribution in [0.5, 0.6) is 0 Å². The maximum Gasteiger partial charge on any atom is 0.326 e. The number of rotatable bonds is 2. The van der Waals surface area contributed by atoms with Gasteiger partial charge in [0.25, 0.3) is 0 Å². The zero-order valence-electron chi connectivity index (χ0n) is 11.0. The molecule has 0 spiro atoms. The van der Waals surface area contributed by atoms with Crippen LogP contribution < -0.4 is 4.90 Å². The lowest BCUT2D eigenvalue weighted by molar-refractivity contribution is -0.142. The van der Waals surface area contributed by atoms with Gasteiger partial charge in [-0.25, -0.2) is 14.8 Å². The summed E-state index contributed by atoms with van der Waals surface area (Å²) in [6, 6.07) is 1.28. The SMILES string of the molecule is CC1(C)CCCN(c2cnc(C#N)cn2)C1C(=O)O. The van der Waals surface area contributed by atoms with Crippen molar-refractivity contribution in [2.75, 3.05) is 11.4 Å². The van der Waals surface area contributed by atoms with Crippen molar-refractivity contribution in [3.8, 4) is 6.07 Å². The second-order valence-corrected chi connectivity index (χ2v) is 5.40. The summed E-state index contributed by atoms with van der Waals surface area (Å²) in [5.41, 5.74) is -0.0912. The molecule has 0 amide bonds. The van der Waals surface area contributed by atoms with Crippen LogP contribution in [0.4, 0.5) is 5.82 Å². The fourth-order valence-corrected chi connectivity index (χ4v) is 2.63. The maximum absolute atomic E-state index is 11.5. The number of piperidine rings is 1.